The van der Waals surface area contributed by atoms with Gasteiger partial charge in [-0.05, 0) is 32.9 Å². The maximum atomic E-state index is 5.58. The molecule has 0 unspecified atom stereocenters. The Morgan fingerprint density at radius 2 is 1.65 bits per heavy atom. The summed E-state index contributed by atoms with van der Waals surface area (Å²) in [6.07, 6.45) is 0.116. The third-order valence-electron chi connectivity index (χ3n) is 1.86. The molecule has 1 rings (SSSR count). The first-order valence-electron chi connectivity index (χ1n) is 5.60. The maximum Gasteiger partial charge on any atom is 0.185 e. The summed E-state index contributed by atoms with van der Waals surface area (Å²) < 4.78 is 5.48. The van der Waals surface area contributed by atoms with Gasteiger partial charge in [-0.15, -0.1) is 0 Å². The van der Waals surface area contributed by atoms with Crippen LogP contribution in [0.4, 0.5) is 11.4 Å². The number of ether oxygens (including phenoxy) is 1. The number of para-hydroxylation sites is 2. The number of hydrogen-bond donors (Lipinski definition) is 1. The largest absolute Gasteiger partial charge is 0.478 e. The Morgan fingerprint density at radius 1 is 1.12 bits per heavy atom. The van der Waals surface area contributed by atoms with Gasteiger partial charge in [-0.1, -0.05) is 12.1 Å². The molecule has 0 spiro atoms. The van der Waals surface area contributed by atoms with E-state index in [2.05, 4.69) is 9.98 Å². The second-order valence-electron chi connectivity index (χ2n) is 4.04. The van der Waals surface area contributed by atoms with Crippen molar-refractivity contribution in [2.24, 2.45) is 15.7 Å². The van der Waals surface area contributed by atoms with E-state index in [4.69, 9.17) is 10.5 Å². The topological polar surface area (TPSA) is 60.0 Å². The molecular formula is C13H19N3O. The van der Waals surface area contributed by atoms with Crippen molar-refractivity contribution in [3.8, 4) is 0 Å². The van der Waals surface area contributed by atoms with Crippen LogP contribution < -0.4 is 5.73 Å². The van der Waals surface area contributed by atoms with Gasteiger partial charge in [-0.3, -0.25) is 0 Å². The zero-order chi connectivity index (χ0) is 12.8. The van der Waals surface area contributed by atoms with Gasteiger partial charge in [-0.25, -0.2) is 9.98 Å². The van der Waals surface area contributed by atoms with Gasteiger partial charge in [-0.2, -0.15) is 0 Å². The van der Waals surface area contributed by atoms with Crippen LogP contribution in [0.3, 0.4) is 0 Å². The van der Waals surface area contributed by atoms with Crippen LogP contribution in [0.5, 0.6) is 0 Å². The molecule has 1 aromatic rings. The van der Waals surface area contributed by atoms with E-state index < -0.39 is 0 Å². The molecular weight excluding hydrogens is 214 g/mol. The third kappa shape index (κ3) is 4.68. The lowest BCUT2D eigenvalue weighted by Crippen LogP contribution is -2.07. The number of aliphatic imine (C=N–C) groups is 2. The normalized spacial score (nSPS) is 13.0. The molecule has 0 heterocycles. The zero-order valence-electron chi connectivity index (χ0n) is 10.8. The summed E-state index contributed by atoms with van der Waals surface area (Å²) in [6, 6.07) is 7.57. The Hall–Kier alpha value is -1.84. The van der Waals surface area contributed by atoms with Crippen LogP contribution >= 0.6 is 0 Å². The highest BCUT2D eigenvalue weighted by Crippen LogP contribution is 2.27. The summed E-state index contributed by atoms with van der Waals surface area (Å²) in [5, 5.41) is 0. The van der Waals surface area contributed by atoms with E-state index >= 15 is 0 Å². The van der Waals surface area contributed by atoms with E-state index in [0.717, 1.165) is 11.4 Å². The second-order valence-corrected chi connectivity index (χ2v) is 4.04. The predicted octanol–water partition coefficient (Wildman–Crippen LogP) is 3.17. The minimum Gasteiger partial charge on any atom is -0.478 e. The molecule has 1 aromatic carbocycles. The second kappa shape index (κ2) is 6.03. The SMILES string of the molecule is CC(N)=Nc1ccccc1N=C(C)OC(C)C. The number of hydrogen-bond acceptors (Lipinski definition) is 3. The van der Waals surface area contributed by atoms with Crippen molar-refractivity contribution in [2.45, 2.75) is 33.8 Å². The molecule has 92 valence electrons. The Morgan fingerprint density at radius 3 is 2.12 bits per heavy atom. The van der Waals surface area contributed by atoms with E-state index in [0.29, 0.717) is 11.7 Å². The number of nitrogens with two attached hydrogens (primary N) is 1. The average Bonchev–Trinajstić information content (AvgIpc) is 2.18. The van der Waals surface area contributed by atoms with Gasteiger partial charge in [0, 0.05) is 6.92 Å². The van der Waals surface area contributed by atoms with Gasteiger partial charge in [0.25, 0.3) is 0 Å². The minimum atomic E-state index is 0.116. The van der Waals surface area contributed by atoms with Crippen molar-refractivity contribution in [3.05, 3.63) is 24.3 Å². The summed E-state index contributed by atoms with van der Waals surface area (Å²) >= 11 is 0. The molecule has 0 bridgehead atoms. The predicted molar refractivity (Wildman–Crippen MR) is 72.4 cm³/mol. The van der Waals surface area contributed by atoms with Crippen molar-refractivity contribution < 1.29 is 4.74 Å². The molecule has 0 amide bonds. The molecule has 0 radical (unpaired) electrons. The highest BCUT2D eigenvalue weighted by atomic mass is 16.5. The van der Waals surface area contributed by atoms with Crippen LogP contribution in [0, 0.1) is 0 Å². The van der Waals surface area contributed by atoms with E-state index in [1.807, 2.05) is 45.0 Å². The molecule has 0 fully saturated rings. The third-order valence-corrected chi connectivity index (χ3v) is 1.86. The van der Waals surface area contributed by atoms with Crippen molar-refractivity contribution >= 4 is 23.1 Å². The van der Waals surface area contributed by atoms with Gasteiger partial charge in [0.2, 0.25) is 0 Å². The molecule has 0 saturated carbocycles. The maximum absolute atomic E-state index is 5.58. The van der Waals surface area contributed by atoms with Gasteiger partial charge < -0.3 is 10.5 Å². The lowest BCUT2D eigenvalue weighted by Gasteiger charge is -2.09. The number of amidine groups is 1. The molecule has 0 aromatic heterocycles. The van der Waals surface area contributed by atoms with Gasteiger partial charge in [0.05, 0.1) is 23.3 Å². The Bertz CT molecular complexity index is 432. The first kappa shape index (κ1) is 13.2. The van der Waals surface area contributed by atoms with E-state index in [9.17, 15) is 0 Å². The number of benzene rings is 1. The summed E-state index contributed by atoms with van der Waals surface area (Å²) in [5.41, 5.74) is 7.08. The van der Waals surface area contributed by atoms with Crippen LogP contribution in [-0.2, 0) is 4.74 Å². The molecule has 0 aliphatic carbocycles. The van der Waals surface area contributed by atoms with Crippen LogP contribution in [0.25, 0.3) is 0 Å². The highest BCUT2D eigenvalue weighted by Gasteiger charge is 2.01. The summed E-state index contributed by atoms with van der Waals surface area (Å²) in [7, 11) is 0. The Kier molecular flexibility index (Phi) is 4.69. The van der Waals surface area contributed by atoms with Crippen molar-refractivity contribution in [1.82, 2.24) is 0 Å². The fourth-order valence-electron chi connectivity index (χ4n) is 1.38. The number of nitrogens with zero attached hydrogens (tertiary/aromatic N) is 2. The first-order valence-corrected chi connectivity index (χ1v) is 5.60. The molecule has 17 heavy (non-hydrogen) atoms. The smallest absolute Gasteiger partial charge is 0.185 e. The highest BCUT2D eigenvalue weighted by molar-refractivity contribution is 5.85. The average molecular weight is 233 g/mol. The lowest BCUT2D eigenvalue weighted by atomic mass is 10.3. The van der Waals surface area contributed by atoms with Crippen LogP contribution in [0.2, 0.25) is 0 Å². The number of rotatable bonds is 3. The standard InChI is InChI=1S/C13H19N3O/c1-9(2)17-11(4)16-13-8-6-5-7-12(13)15-10(3)14/h5-9H,1-4H3,(H2,14,15). The Balaban J connectivity index is 3.02. The van der Waals surface area contributed by atoms with Gasteiger partial charge in [0.1, 0.15) is 0 Å². The van der Waals surface area contributed by atoms with Crippen LogP contribution in [0.15, 0.2) is 34.3 Å². The summed E-state index contributed by atoms with van der Waals surface area (Å²) in [6.45, 7) is 7.51. The van der Waals surface area contributed by atoms with Crippen molar-refractivity contribution in [1.29, 1.82) is 0 Å². The van der Waals surface area contributed by atoms with E-state index in [1.54, 1.807) is 6.92 Å². The summed E-state index contributed by atoms with van der Waals surface area (Å²) in [5.74, 6) is 1.13. The molecule has 0 atom stereocenters. The molecule has 0 saturated heterocycles. The van der Waals surface area contributed by atoms with E-state index in [1.165, 1.54) is 0 Å². The quantitative estimate of drug-likeness (QED) is 0.644. The van der Waals surface area contributed by atoms with Crippen molar-refractivity contribution in [2.75, 3.05) is 0 Å². The molecule has 2 N–H and O–H groups in total. The summed E-state index contributed by atoms with van der Waals surface area (Å²) in [4.78, 5) is 8.61. The molecule has 4 nitrogen and oxygen atoms in total. The lowest BCUT2D eigenvalue weighted by molar-refractivity contribution is 0.226. The minimum absolute atomic E-state index is 0.116. The van der Waals surface area contributed by atoms with Crippen LogP contribution in [-0.4, -0.2) is 17.8 Å². The fourth-order valence-corrected chi connectivity index (χ4v) is 1.38. The van der Waals surface area contributed by atoms with Crippen LogP contribution in [0.1, 0.15) is 27.7 Å². The fraction of sp³-hybridized carbons (Fsp3) is 0.385. The zero-order valence-corrected chi connectivity index (χ0v) is 10.8. The molecule has 0 aliphatic rings. The first-order chi connectivity index (χ1) is 7.99. The Labute approximate surface area is 102 Å². The van der Waals surface area contributed by atoms with E-state index in [-0.39, 0.29) is 6.10 Å². The molecule has 0 aliphatic heterocycles. The van der Waals surface area contributed by atoms with Gasteiger partial charge >= 0.3 is 0 Å². The monoisotopic (exact) mass is 233 g/mol. The van der Waals surface area contributed by atoms with Gasteiger partial charge in [0.15, 0.2) is 5.90 Å². The van der Waals surface area contributed by atoms with Crippen molar-refractivity contribution in [3.63, 3.8) is 0 Å². The molecule has 4 heteroatoms.